The molecule has 1 fully saturated rings. The minimum Gasteiger partial charge on any atom is -0.493 e. The second kappa shape index (κ2) is 14.5. The topological polar surface area (TPSA) is 95.3 Å². The normalized spacial score (nSPS) is 16.9. The van der Waals surface area contributed by atoms with Crippen molar-refractivity contribution in [3.05, 3.63) is 65.1 Å². The average Bonchev–Trinajstić information content (AvgIpc) is 3.62. The summed E-state index contributed by atoms with van der Waals surface area (Å²) in [5.41, 5.74) is 1.45. The van der Waals surface area contributed by atoms with Crippen molar-refractivity contribution < 1.29 is 28.2 Å². The molecular weight excluding hydrogens is 534 g/mol. The number of halogens is 1. The number of carbonyl (C=O) groups excluding carboxylic acids is 1. The minimum absolute atomic E-state index is 0.00408. The van der Waals surface area contributed by atoms with Gasteiger partial charge in [-0.3, -0.25) is 4.79 Å². The first-order chi connectivity index (χ1) is 19.4. The van der Waals surface area contributed by atoms with Crippen LogP contribution in [-0.4, -0.2) is 75.0 Å². The number of aromatic nitrogens is 1. The molecule has 40 heavy (non-hydrogen) atoms. The molecule has 0 unspecified atom stereocenters. The van der Waals surface area contributed by atoms with E-state index in [0.717, 1.165) is 18.5 Å². The average molecular weight is 572 g/mol. The lowest BCUT2D eigenvalue weighted by atomic mass is 10.0. The van der Waals surface area contributed by atoms with Crippen LogP contribution < -0.4 is 14.8 Å². The summed E-state index contributed by atoms with van der Waals surface area (Å²) in [7, 11) is 3.24. The molecule has 0 aliphatic carbocycles. The van der Waals surface area contributed by atoms with E-state index in [0.29, 0.717) is 60.0 Å². The van der Waals surface area contributed by atoms with Gasteiger partial charge in [0.25, 0.3) is 5.91 Å². The maximum Gasteiger partial charge on any atom is 0.254 e. The molecule has 1 amide bonds. The van der Waals surface area contributed by atoms with E-state index in [2.05, 4.69) is 10.3 Å². The van der Waals surface area contributed by atoms with Crippen LogP contribution in [0.15, 0.2) is 53.1 Å². The van der Waals surface area contributed by atoms with Gasteiger partial charge in [-0.15, -0.1) is 0 Å². The molecule has 1 aromatic heterocycles. The number of hydrogen-bond donors (Lipinski definition) is 1. The van der Waals surface area contributed by atoms with Gasteiger partial charge in [0.05, 0.1) is 26.0 Å². The SMILES string of the molecule is COCCCOc1cc(C(=O)N(C[C@@H]2CNC[C@@H]2OCc2ncc(-c3ccc(Cl)cc3)o2)C(C)C)ccc1OC. The first-order valence-electron chi connectivity index (χ1n) is 13.5. The predicted octanol–water partition coefficient (Wildman–Crippen LogP) is 5.07. The number of benzene rings is 2. The van der Waals surface area contributed by atoms with Crippen LogP contribution in [0.4, 0.5) is 0 Å². The monoisotopic (exact) mass is 571 g/mol. The van der Waals surface area contributed by atoms with Crippen molar-refractivity contribution in [1.82, 2.24) is 15.2 Å². The summed E-state index contributed by atoms with van der Waals surface area (Å²) in [5, 5.41) is 4.07. The van der Waals surface area contributed by atoms with Crippen molar-refractivity contribution in [2.24, 2.45) is 5.92 Å². The number of oxazole rings is 1. The summed E-state index contributed by atoms with van der Waals surface area (Å²) in [6.45, 7) is 7.34. The standard InChI is InChI=1S/C30H38ClN3O6/c1-20(2)34(30(35)22-8-11-25(37-4)26(14-22)38-13-5-12-36-3)18-23-15-32-16-27(23)39-19-29-33-17-28(40-29)21-6-9-24(31)10-7-21/h6-11,14,17,20,23,27,32H,5,12-13,15-16,18-19H2,1-4H3/t23-,27-/m0/s1. The highest BCUT2D eigenvalue weighted by atomic mass is 35.5. The molecule has 2 heterocycles. The number of methoxy groups -OCH3 is 2. The third-order valence-electron chi connectivity index (χ3n) is 6.86. The summed E-state index contributed by atoms with van der Waals surface area (Å²) in [5.74, 6) is 2.34. The molecule has 0 bridgehead atoms. The zero-order valence-electron chi connectivity index (χ0n) is 23.5. The fourth-order valence-corrected chi connectivity index (χ4v) is 4.77. The molecule has 1 saturated heterocycles. The molecule has 4 rings (SSSR count). The first kappa shape index (κ1) is 29.9. The molecule has 216 valence electrons. The number of ether oxygens (including phenoxy) is 4. The number of nitrogens with zero attached hydrogens (tertiary/aromatic N) is 2. The van der Waals surface area contributed by atoms with Gasteiger partial charge in [0, 0.05) is 67.9 Å². The van der Waals surface area contributed by atoms with Crippen molar-refractivity contribution in [3.8, 4) is 22.8 Å². The molecule has 0 saturated carbocycles. The van der Waals surface area contributed by atoms with Gasteiger partial charge in [-0.1, -0.05) is 11.6 Å². The third-order valence-corrected chi connectivity index (χ3v) is 7.11. The molecule has 0 spiro atoms. The fraction of sp³-hybridized carbons (Fsp3) is 0.467. The quantitative estimate of drug-likeness (QED) is 0.268. The largest absolute Gasteiger partial charge is 0.493 e. The lowest BCUT2D eigenvalue weighted by molar-refractivity contribution is 0.00436. The Hall–Kier alpha value is -3.11. The van der Waals surface area contributed by atoms with E-state index in [1.165, 1.54) is 0 Å². The van der Waals surface area contributed by atoms with E-state index in [1.54, 1.807) is 38.6 Å². The lowest BCUT2D eigenvalue weighted by Gasteiger charge is -2.31. The summed E-state index contributed by atoms with van der Waals surface area (Å²) in [4.78, 5) is 19.9. The number of nitrogens with one attached hydrogen (secondary N) is 1. The molecular formula is C30H38ClN3O6. The van der Waals surface area contributed by atoms with Crippen LogP contribution in [-0.2, 0) is 16.1 Å². The molecule has 9 nitrogen and oxygen atoms in total. The number of rotatable bonds is 14. The van der Waals surface area contributed by atoms with Crippen LogP contribution in [0, 0.1) is 5.92 Å². The van der Waals surface area contributed by atoms with E-state index < -0.39 is 0 Å². The Morgan fingerprint density at radius 2 is 1.93 bits per heavy atom. The molecule has 1 N–H and O–H groups in total. The van der Waals surface area contributed by atoms with Crippen molar-refractivity contribution in [1.29, 1.82) is 0 Å². The van der Waals surface area contributed by atoms with Gasteiger partial charge in [0.1, 0.15) is 6.61 Å². The van der Waals surface area contributed by atoms with Gasteiger partial charge >= 0.3 is 0 Å². The van der Waals surface area contributed by atoms with Crippen LogP contribution in [0.1, 0.15) is 36.5 Å². The summed E-state index contributed by atoms with van der Waals surface area (Å²) >= 11 is 5.99. The van der Waals surface area contributed by atoms with Crippen LogP contribution >= 0.6 is 11.6 Å². The Balaban J connectivity index is 1.38. The summed E-state index contributed by atoms with van der Waals surface area (Å²) in [6.07, 6.45) is 2.34. The lowest BCUT2D eigenvalue weighted by Crippen LogP contribution is -2.43. The van der Waals surface area contributed by atoms with Crippen LogP contribution in [0.5, 0.6) is 11.5 Å². The molecule has 2 atom stereocenters. The number of amides is 1. The highest BCUT2D eigenvalue weighted by Gasteiger charge is 2.32. The van der Waals surface area contributed by atoms with Crippen molar-refractivity contribution >= 4 is 17.5 Å². The van der Waals surface area contributed by atoms with Crippen molar-refractivity contribution in [2.45, 2.75) is 39.0 Å². The number of hydrogen-bond acceptors (Lipinski definition) is 8. The maximum absolute atomic E-state index is 13.7. The van der Waals surface area contributed by atoms with Crippen molar-refractivity contribution in [3.63, 3.8) is 0 Å². The molecule has 0 radical (unpaired) electrons. The fourth-order valence-electron chi connectivity index (χ4n) is 4.64. The first-order valence-corrected chi connectivity index (χ1v) is 13.9. The van der Waals surface area contributed by atoms with E-state index >= 15 is 0 Å². The summed E-state index contributed by atoms with van der Waals surface area (Å²) < 4.78 is 28.5. The van der Waals surface area contributed by atoms with Gasteiger partial charge < -0.3 is 33.6 Å². The second-order valence-corrected chi connectivity index (χ2v) is 10.4. The Morgan fingerprint density at radius 3 is 2.65 bits per heavy atom. The van der Waals surface area contributed by atoms with E-state index in [4.69, 9.17) is 35.0 Å². The maximum atomic E-state index is 13.7. The second-order valence-electron chi connectivity index (χ2n) is 10.0. The Kier molecular flexibility index (Phi) is 10.8. The zero-order chi connectivity index (χ0) is 28.5. The smallest absolute Gasteiger partial charge is 0.254 e. The predicted molar refractivity (Wildman–Crippen MR) is 153 cm³/mol. The van der Waals surface area contributed by atoms with E-state index in [1.807, 2.05) is 43.0 Å². The molecule has 2 aromatic carbocycles. The van der Waals surface area contributed by atoms with Crippen molar-refractivity contribution in [2.75, 3.05) is 47.1 Å². The van der Waals surface area contributed by atoms with E-state index in [9.17, 15) is 4.79 Å². The molecule has 3 aromatic rings. The zero-order valence-corrected chi connectivity index (χ0v) is 24.3. The Labute approximate surface area is 240 Å². The van der Waals surface area contributed by atoms with Crippen LogP contribution in [0.2, 0.25) is 5.02 Å². The minimum atomic E-state index is -0.0875. The van der Waals surface area contributed by atoms with Gasteiger partial charge in [-0.05, 0) is 56.3 Å². The van der Waals surface area contributed by atoms with Crippen LogP contribution in [0.25, 0.3) is 11.3 Å². The van der Waals surface area contributed by atoms with E-state index in [-0.39, 0.29) is 30.6 Å². The molecule has 1 aliphatic rings. The molecule has 1 aliphatic heterocycles. The summed E-state index contributed by atoms with van der Waals surface area (Å²) in [6, 6.07) is 12.7. The third kappa shape index (κ3) is 7.75. The molecule has 10 heteroatoms. The highest BCUT2D eigenvalue weighted by molar-refractivity contribution is 6.30. The van der Waals surface area contributed by atoms with Gasteiger partial charge in [0.2, 0.25) is 5.89 Å². The Bertz CT molecular complexity index is 1230. The van der Waals surface area contributed by atoms with Gasteiger partial charge in [0.15, 0.2) is 17.3 Å². The van der Waals surface area contributed by atoms with Gasteiger partial charge in [-0.25, -0.2) is 4.98 Å². The highest BCUT2D eigenvalue weighted by Crippen LogP contribution is 2.30. The Morgan fingerprint density at radius 1 is 1.12 bits per heavy atom. The van der Waals surface area contributed by atoms with Crippen LogP contribution in [0.3, 0.4) is 0 Å². The van der Waals surface area contributed by atoms with Gasteiger partial charge in [-0.2, -0.15) is 0 Å². The number of carbonyl (C=O) groups is 1.